The van der Waals surface area contributed by atoms with Crippen LogP contribution in [0.1, 0.15) is 30.4 Å². The second-order valence-electron chi connectivity index (χ2n) is 5.08. The van der Waals surface area contributed by atoms with Gasteiger partial charge in [-0.05, 0) is 43.1 Å². The van der Waals surface area contributed by atoms with Crippen molar-refractivity contribution in [1.29, 1.82) is 0 Å². The maximum atomic E-state index is 11.1. The van der Waals surface area contributed by atoms with Crippen molar-refractivity contribution >= 4 is 5.91 Å². The molecule has 0 aliphatic carbocycles. The molecule has 0 unspecified atom stereocenters. The van der Waals surface area contributed by atoms with Crippen LogP contribution in [0.25, 0.3) is 0 Å². The highest BCUT2D eigenvalue weighted by molar-refractivity contribution is 5.86. The van der Waals surface area contributed by atoms with E-state index in [-0.39, 0.29) is 5.91 Å². The first-order chi connectivity index (χ1) is 9.28. The van der Waals surface area contributed by atoms with E-state index in [4.69, 9.17) is 0 Å². The van der Waals surface area contributed by atoms with Gasteiger partial charge in [0.25, 0.3) is 0 Å². The van der Waals surface area contributed by atoms with Gasteiger partial charge in [0.1, 0.15) is 0 Å². The third-order valence-electron chi connectivity index (χ3n) is 3.53. The third-order valence-corrected chi connectivity index (χ3v) is 3.53. The van der Waals surface area contributed by atoms with Crippen LogP contribution in [0, 0.1) is 0 Å². The summed E-state index contributed by atoms with van der Waals surface area (Å²) in [6.07, 6.45) is 5.32. The number of amides is 1. The summed E-state index contributed by atoms with van der Waals surface area (Å²) in [4.78, 5) is 13.6. The second kappa shape index (κ2) is 7.10. The van der Waals surface area contributed by atoms with Crippen LogP contribution in [0.4, 0.5) is 0 Å². The summed E-state index contributed by atoms with van der Waals surface area (Å²) in [5.74, 6) is -0.127. The maximum Gasteiger partial charge on any atom is 0.243 e. The minimum atomic E-state index is -0.127. The van der Waals surface area contributed by atoms with Gasteiger partial charge < -0.3 is 5.32 Å². The average Bonchev–Trinajstić information content (AvgIpc) is 2.47. The summed E-state index contributed by atoms with van der Waals surface area (Å²) in [6.45, 7) is 7.48. The Morgan fingerprint density at radius 3 is 2.42 bits per heavy atom. The lowest BCUT2D eigenvalue weighted by Crippen LogP contribution is -2.29. The van der Waals surface area contributed by atoms with Gasteiger partial charge in [-0.15, -0.1) is 0 Å². The van der Waals surface area contributed by atoms with Crippen LogP contribution in [-0.2, 0) is 17.9 Å². The van der Waals surface area contributed by atoms with E-state index in [9.17, 15) is 4.79 Å². The van der Waals surface area contributed by atoms with Gasteiger partial charge in [0.2, 0.25) is 5.91 Å². The van der Waals surface area contributed by atoms with Gasteiger partial charge in [0.15, 0.2) is 0 Å². The molecular weight excluding hydrogens is 236 g/mol. The normalized spacial score (nSPS) is 16.0. The van der Waals surface area contributed by atoms with E-state index in [1.165, 1.54) is 44.0 Å². The van der Waals surface area contributed by atoms with Gasteiger partial charge in [-0.2, -0.15) is 0 Å². The number of likely N-dealkylation sites (tertiary alicyclic amines) is 1. The van der Waals surface area contributed by atoms with E-state index >= 15 is 0 Å². The van der Waals surface area contributed by atoms with Crippen LogP contribution in [0.15, 0.2) is 36.9 Å². The van der Waals surface area contributed by atoms with Gasteiger partial charge >= 0.3 is 0 Å². The fraction of sp³-hybridized carbons (Fsp3) is 0.438. The first kappa shape index (κ1) is 13.8. The highest BCUT2D eigenvalue weighted by Crippen LogP contribution is 2.13. The summed E-state index contributed by atoms with van der Waals surface area (Å²) in [5.41, 5.74) is 2.47. The van der Waals surface area contributed by atoms with Gasteiger partial charge in [-0.25, -0.2) is 0 Å². The summed E-state index contributed by atoms with van der Waals surface area (Å²) in [5, 5.41) is 2.78. The molecule has 1 aliphatic rings. The molecule has 1 aromatic rings. The molecule has 2 rings (SSSR count). The van der Waals surface area contributed by atoms with Crippen LogP contribution >= 0.6 is 0 Å². The number of hydrogen-bond acceptors (Lipinski definition) is 2. The molecule has 1 fully saturated rings. The van der Waals surface area contributed by atoms with E-state index in [1.54, 1.807) is 0 Å². The molecular formula is C16H22N2O. The SMILES string of the molecule is C=CC(=O)NCc1ccc(CN2CCCCC2)cc1. The van der Waals surface area contributed by atoms with E-state index in [1.807, 2.05) is 0 Å². The van der Waals surface area contributed by atoms with Crippen molar-refractivity contribution in [2.75, 3.05) is 13.1 Å². The van der Waals surface area contributed by atoms with E-state index in [0.717, 1.165) is 12.1 Å². The summed E-state index contributed by atoms with van der Waals surface area (Å²) >= 11 is 0. The number of carbonyl (C=O) groups is 1. The fourth-order valence-electron chi connectivity index (χ4n) is 2.40. The van der Waals surface area contributed by atoms with E-state index in [0.29, 0.717) is 6.54 Å². The summed E-state index contributed by atoms with van der Waals surface area (Å²) in [6, 6.07) is 8.49. The molecule has 0 saturated carbocycles. The monoisotopic (exact) mass is 258 g/mol. The predicted octanol–water partition coefficient (Wildman–Crippen LogP) is 2.47. The van der Waals surface area contributed by atoms with Crippen molar-refractivity contribution in [3.8, 4) is 0 Å². The number of rotatable bonds is 5. The lowest BCUT2D eigenvalue weighted by Gasteiger charge is -2.26. The van der Waals surface area contributed by atoms with Crippen molar-refractivity contribution in [1.82, 2.24) is 10.2 Å². The fourth-order valence-corrected chi connectivity index (χ4v) is 2.40. The maximum absolute atomic E-state index is 11.1. The van der Waals surface area contributed by atoms with Gasteiger partial charge in [-0.3, -0.25) is 9.69 Å². The minimum absolute atomic E-state index is 0.127. The molecule has 1 amide bonds. The molecule has 102 valence electrons. The Labute approximate surface area is 115 Å². The Morgan fingerprint density at radius 1 is 1.16 bits per heavy atom. The van der Waals surface area contributed by atoms with Crippen molar-refractivity contribution in [3.05, 3.63) is 48.0 Å². The molecule has 3 heteroatoms. The molecule has 1 heterocycles. The Morgan fingerprint density at radius 2 is 1.79 bits per heavy atom. The molecule has 1 aliphatic heterocycles. The average molecular weight is 258 g/mol. The smallest absolute Gasteiger partial charge is 0.243 e. The van der Waals surface area contributed by atoms with Crippen molar-refractivity contribution < 1.29 is 4.79 Å². The van der Waals surface area contributed by atoms with Crippen molar-refractivity contribution in [3.63, 3.8) is 0 Å². The number of nitrogens with one attached hydrogen (secondary N) is 1. The highest BCUT2D eigenvalue weighted by atomic mass is 16.1. The standard InChI is InChI=1S/C16H22N2O/c1-2-16(19)17-12-14-6-8-15(9-7-14)13-18-10-4-3-5-11-18/h2,6-9H,1,3-5,10-13H2,(H,17,19). The van der Waals surface area contributed by atoms with Crippen molar-refractivity contribution in [2.45, 2.75) is 32.4 Å². The molecule has 0 spiro atoms. The molecule has 1 N–H and O–H groups in total. The predicted molar refractivity (Wildman–Crippen MR) is 77.6 cm³/mol. The largest absolute Gasteiger partial charge is 0.348 e. The Balaban J connectivity index is 1.83. The molecule has 1 saturated heterocycles. The second-order valence-corrected chi connectivity index (χ2v) is 5.08. The van der Waals surface area contributed by atoms with Crippen molar-refractivity contribution in [2.24, 2.45) is 0 Å². The molecule has 19 heavy (non-hydrogen) atoms. The quantitative estimate of drug-likeness (QED) is 0.823. The number of carbonyl (C=O) groups excluding carboxylic acids is 1. The first-order valence-corrected chi connectivity index (χ1v) is 6.98. The number of nitrogens with zero attached hydrogens (tertiary/aromatic N) is 1. The first-order valence-electron chi connectivity index (χ1n) is 6.98. The Kier molecular flexibility index (Phi) is 5.16. The Bertz CT molecular complexity index is 419. The lowest BCUT2D eigenvalue weighted by molar-refractivity contribution is -0.116. The zero-order chi connectivity index (χ0) is 13.5. The molecule has 0 atom stereocenters. The molecule has 1 aromatic carbocycles. The summed E-state index contributed by atoms with van der Waals surface area (Å²) in [7, 11) is 0. The van der Waals surface area contributed by atoms with Crippen LogP contribution in [-0.4, -0.2) is 23.9 Å². The van der Waals surface area contributed by atoms with Crippen LogP contribution < -0.4 is 5.32 Å². The molecule has 0 aromatic heterocycles. The lowest BCUT2D eigenvalue weighted by atomic mass is 10.1. The Hall–Kier alpha value is -1.61. The molecule has 3 nitrogen and oxygen atoms in total. The van der Waals surface area contributed by atoms with Gasteiger partial charge in [-0.1, -0.05) is 37.3 Å². The van der Waals surface area contributed by atoms with Crippen LogP contribution in [0.5, 0.6) is 0 Å². The zero-order valence-corrected chi connectivity index (χ0v) is 11.4. The van der Waals surface area contributed by atoms with Gasteiger partial charge in [0.05, 0.1) is 0 Å². The molecule has 0 radical (unpaired) electrons. The number of benzene rings is 1. The number of piperidine rings is 1. The van der Waals surface area contributed by atoms with E-state index < -0.39 is 0 Å². The van der Waals surface area contributed by atoms with Crippen LogP contribution in [0.2, 0.25) is 0 Å². The minimum Gasteiger partial charge on any atom is -0.348 e. The van der Waals surface area contributed by atoms with Gasteiger partial charge in [0, 0.05) is 13.1 Å². The van der Waals surface area contributed by atoms with E-state index in [2.05, 4.69) is 41.1 Å². The highest BCUT2D eigenvalue weighted by Gasteiger charge is 2.10. The third kappa shape index (κ3) is 4.52. The topological polar surface area (TPSA) is 32.3 Å². The number of hydrogen-bond donors (Lipinski definition) is 1. The summed E-state index contributed by atoms with van der Waals surface area (Å²) < 4.78 is 0. The van der Waals surface area contributed by atoms with Crippen LogP contribution in [0.3, 0.4) is 0 Å². The zero-order valence-electron chi connectivity index (χ0n) is 11.4. The molecule has 0 bridgehead atoms.